The van der Waals surface area contributed by atoms with E-state index in [1.54, 1.807) is 11.1 Å². The standard InChI is InChI=1S/C15H25N3O3/c1-4-18-11-12(10-16-18)14-13(6-8-21-14)15(19)17(3)7-9-20-5-2/h10-11,13-14H,4-9H2,1-3H3/t13-,14+/m0/s1. The highest BCUT2D eigenvalue weighted by atomic mass is 16.5. The molecular weight excluding hydrogens is 270 g/mol. The Morgan fingerprint density at radius 2 is 2.38 bits per heavy atom. The molecule has 2 rings (SSSR count). The van der Waals surface area contributed by atoms with E-state index in [2.05, 4.69) is 5.10 Å². The number of nitrogens with zero attached hydrogens (tertiary/aromatic N) is 3. The van der Waals surface area contributed by atoms with Crippen LogP contribution in [0.5, 0.6) is 0 Å². The summed E-state index contributed by atoms with van der Waals surface area (Å²) in [7, 11) is 1.83. The summed E-state index contributed by atoms with van der Waals surface area (Å²) in [5.74, 6) is 0.00702. The minimum Gasteiger partial charge on any atom is -0.380 e. The van der Waals surface area contributed by atoms with E-state index in [9.17, 15) is 4.79 Å². The summed E-state index contributed by atoms with van der Waals surface area (Å²) in [4.78, 5) is 14.3. The highest BCUT2D eigenvalue weighted by Gasteiger charge is 2.37. The number of aryl methyl sites for hydroxylation is 1. The Morgan fingerprint density at radius 3 is 3.05 bits per heavy atom. The molecule has 2 heterocycles. The van der Waals surface area contributed by atoms with Crippen molar-refractivity contribution in [2.45, 2.75) is 32.9 Å². The van der Waals surface area contributed by atoms with Gasteiger partial charge < -0.3 is 14.4 Å². The molecule has 1 aromatic rings. The largest absolute Gasteiger partial charge is 0.380 e. The Hall–Kier alpha value is -1.40. The van der Waals surface area contributed by atoms with Crippen molar-refractivity contribution in [1.29, 1.82) is 0 Å². The molecular formula is C15H25N3O3. The van der Waals surface area contributed by atoms with Gasteiger partial charge in [0.1, 0.15) is 0 Å². The van der Waals surface area contributed by atoms with E-state index in [0.717, 1.165) is 18.5 Å². The Balaban J connectivity index is 1.98. The summed E-state index contributed by atoms with van der Waals surface area (Å²) in [6, 6.07) is 0. The quantitative estimate of drug-likeness (QED) is 0.715. The van der Waals surface area contributed by atoms with Gasteiger partial charge in [0, 0.05) is 45.1 Å². The fraction of sp³-hybridized carbons (Fsp3) is 0.733. The van der Waals surface area contributed by atoms with E-state index in [0.29, 0.717) is 26.4 Å². The topological polar surface area (TPSA) is 56.6 Å². The summed E-state index contributed by atoms with van der Waals surface area (Å²) in [6.07, 6.45) is 4.36. The van der Waals surface area contributed by atoms with Crippen LogP contribution in [0.15, 0.2) is 12.4 Å². The molecule has 2 atom stereocenters. The predicted molar refractivity (Wildman–Crippen MR) is 78.8 cm³/mol. The van der Waals surface area contributed by atoms with Crippen LogP contribution in [-0.2, 0) is 20.8 Å². The Kier molecular flexibility index (Phi) is 5.76. The number of carbonyl (C=O) groups is 1. The summed E-state index contributed by atoms with van der Waals surface area (Å²) >= 11 is 0. The summed E-state index contributed by atoms with van der Waals surface area (Å²) < 4.78 is 12.9. The maximum atomic E-state index is 12.6. The van der Waals surface area contributed by atoms with Gasteiger partial charge in [0.25, 0.3) is 0 Å². The van der Waals surface area contributed by atoms with Crippen molar-refractivity contribution in [1.82, 2.24) is 14.7 Å². The van der Waals surface area contributed by atoms with Gasteiger partial charge >= 0.3 is 0 Å². The fourth-order valence-electron chi connectivity index (χ4n) is 2.61. The molecule has 1 amide bonds. The van der Waals surface area contributed by atoms with Gasteiger partial charge in [-0.05, 0) is 20.3 Å². The molecule has 118 valence electrons. The minimum absolute atomic E-state index is 0.119. The number of ether oxygens (including phenoxy) is 2. The van der Waals surface area contributed by atoms with Crippen LogP contribution in [0.2, 0.25) is 0 Å². The normalized spacial score (nSPS) is 21.7. The number of carbonyl (C=O) groups excluding carboxylic acids is 1. The lowest BCUT2D eigenvalue weighted by atomic mass is 9.96. The van der Waals surface area contributed by atoms with E-state index < -0.39 is 0 Å². The average molecular weight is 295 g/mol. The molecule has 0 aromatic carbocycles. The van der Waals surface area contributed by atoms with E-state index in [-0.39, 0.29) is 17.9 Å². The van der Waals surface area contributed by atoms with E-state index in [4.69, 9.17) is 9.47 Å². The molecule has 0 N–H and O–H groups in total. The first-order chi connectivity index (χ1) is 10.2. The predicted octanol–water partition coefficient (Wildman–Crippen LogP) is 1.48. The van der Waals surface area contributed by atoms with Crippen molar-refractivity contribution < 1.29 is 14.3 Å². The third-order valence-electron chi connectivity index (χ3n) is 3.87. The molecule has 0 unspecified atom stereocenters. The Labute approximate surface area is 126 Å². The van der Waals surface area contributed by atoms with Crippen LogP contribution < -0.4 is 0 Å². The molecule has 1 aliphatic rings. The van der Waals surface area contributed by atoms with Crippen molar-refractivity contribution in [2.24, 2.45) is 5.92 Å². The van der Waals surface area contributed by atoms with Crippen molar-refractivity contribution in [3.63, 3.8) is 0 Å². The number of hydrogen-bond acceptors (Lipinski definition) is 4. The number of likely N-dealkylation sites (N-methyl/N-ethyl adjacent to an activating group) is 1. The Morgan fingerprint density at radius 1 is 1.57 bits per heavy atom. The second-order valence-corrected chi connectivity index (χ2v) is 5.27. The van der Waals surface area contributed by atoms with Gasteiger partial charge in [-0.25, -0.2) is 0 Å². The summed E-state index contributed by atoms with van der Waals surface area (Å²) in [6.45, 7) is 7.30. The zero-order valence-corrected chi connectivity index (χ0v) is 13.1. The van der Waals surface area contributed by atoms with Crippen LogP contribution in [0.25, 0.3) is 0 Å². The lowest BCUT2D eigenvalue weighted by molar-refractivity contribution is -0.136. The molecule has 6 heteroatoms. The molecule has 1 aliphatic heterocycles. The third kappa shape index (κ3) is 3.83. The molecule has 1 aromatic heterocycles. The lowest BCUT2D eigenvalue weighted by Crippen LogP contribution is -2.36. The second kappa shape index (κ2) is 7.56. The van der Waals surface area contributed by atoms with E-state index in [1.807, 2.05) is 31.8 Å². The van der Waals surface area contributed by atoms with Crippen LogP contribution in [0.3, 0.4) is 0 Å². The van der Waals surface area contributed by atoms with Crippen LogP contribution in [0.1, 0.15) is 31.9 Å². The van der Waals surface area contributed by atoms with Crippen molar-refractivity contribution in [3.05, 3.63) is 18.0 Å². The smallest absolute Gasteiger partial charge is 0.228 e. The zero-order chi connectivity index (χ0) is 15.2. The van der Waals surface area contributed by atoms with Gasteiger partial charge in [0.2, 0.25) is 5.91 Å². The number of amides is 1. The summed E-state index contributed by atoms with van der Waals surface area (Å²) in [5.41, 5.74) is 0.992. The molecule has 0 saturated carbocycles. The van der Waals surface area contributed by atoms with Crippen LogP contribution >= 0.6 is 0 Å². The highest BCUT2D eigenvalue weighted by Crippen LogP contribution is 2.35. The maximum absolute atomic E-state index is 12.6. The molecule has 0 spiro atoms. The number of hydrogen-bond donors (Lipinski definition) is 0. The molecule has 1 saturated heterocycles. The van der Waals surface area contributed by atoms with Gasteiger partial charge in [0.15, 0.2) is 0 Å². The molecule has 0 radical (unpaired) electrons. The first-order valence-corrected chi connectivity index (χ1v) is 7.64. The summed E-state index contributed by atoms with van der Waals surface area (Å²) in [5, 5.41) is 4.27. The minimum atomic E-state index is -0.174. The SMILES string of the molecule is CCOCCN(C)C(=O)[C@H]1CCO[C@@H]1c1cnn(CC)c1. The van der Waals surface area contributed by atoms with E-state index >= 15 is 0 Å². The first kappa shape index (κ1) is 16.0. The molecule has 21 heavy (non-hydrogen) atoms. The van der Waals surface area contributed by atoms with Gasteiger partial charge in [-0.2, -0.15) is 5.10 Å². The molecule has 1 fully saturated rings. The van der Waals surface area contributed by atoms with Crippen molar-refractivity contribution >= 4 is 5.91 Å². The van der Waals surface area contributed by atoms with Gasteiger partial charge in [-0.15, -0.1) is 0 Å². The van der Waals surface area contributed by atoms with Gasteiger partial charge in [-0.3, -0.25) is 9.48 Å². The molecule has 6 nitrogen and oxygen atoms in total. The first-order valence-electron chi connectivity index (χ1n) is 7.64. The second-order valence-electron chi connectivity index (χ2n) is 5.27. The molecule has 0 aliphatic carbocycles. The van der Waals surface area contributed by atoms with Crippen LogP contribution in [0.4, 0.5) is 0 Å². The highest BCUT2D eigenvalue weighted by molar-refractivity contribution is 5.79. The van der Waals surface area contributed by atoms with Crippen molar-refractivity contribution in [3.8, 4) is 0 Å². The molecule has 0 bridgehead atoms. The fourth-order valence-corrected chi connectivity index (χ4v) is 2.61. The van der Waals surface area contributed by atoms with Crippen LogP contribution in [0, 0.1) is 5.92 Å². The zero-order valence-electron chi connectivity index (χ0n) is 13.1. The average Bonchev–Trinajstić information content (AvgIpc) is 3.14. The monoisotopic (exact) mass is 295 g/mol. The number of rotatable bonds is 7. The maximum Gasteiger partial charge on any atom is 0.228 e. The lowest BCUT2D eigenvalue weighted by Gasteiger charge is -2.23. The van der Waals surface area contributed by atoms with Gasteiger partial charge in [0.05, 0.1) is 24.8 Å². The van der Waals surface area contributed by atoms with Crippen molar-refractivity contribution in [2.75, 3.05) is 33.4 Å². The Bertz CT molecular complexity index is 461. The third-order valence-corrected chi connectivity index (χ3v) is 3.87. The van der Waals surface area contributed by atoms with Gasteiger partial charge in [-0.1, -0.05) is 0 Å². The van der Waals surface area contributed by atoms with Crippen LogP contribution in [-0.4, -0.2) is 54.0 Å². The van der Waals surface area contributed by atoms with E-state index in [1.165, 1.54) is 0 Å². The number of aromatic nitrogens is 2.